The van der Waals surface area contributed by atoms with Crippen molar-refractivity contribution in [2.75, 3.05) is 20.1 Å². The molecule has 4 nitrogen and oxygen atoms in total. The van der Waals surface area contributed by atoms with E-state index < -0.39 is 6.10 Å². The molecule has 1 saturated heterocycles. The van der Waals surface area contributed by atoms with Gasteiger partial charge >= 0.3 is 0 Å². The van der Waals surface area contributed by atoms with Gasteiger partial charge in [0, 0.05) is 30.2 Å². The number of amides is 1. The predicted octanol–water partition coefficient (Wildman–Crippen LogP) is 0.854. The Morgan fingerprint density at radius 3 is 2.59 bits per heavy atom. The summed E-state index contributed by atoms with van der Waals surface area (Å²) in [6, 6.07) is 7.08. The van der Waals surface area contributed by atoms with Gasteiger partial charge in [-0.3, -0.25) is 4.79 Å². The first-order valence-electron chi connectivity index (χ1n) is 5.51. The fourth-order valence-electron chi connectivity index (χ4n) is 1.99. The van der Waals surface area contributed by atoms with Gasteiger partial charge in [0.15, 0.2) is 0 Å². The third kappa shape index (κ3) is 2.68. The Morgan fingerprint density at radius 1 is 1.41 bits per heavy atom. The Balaban J connectivity index is 2.11. The average Bonchev–Trinajstić information content (AvgIpc) is 2.74. The van der Waals surface area contributed by atoms with Crippen molar-refractivity contribution in [1.29, 1.82) is 0 Å². The number of rotatable bonds is 2. The standard InChI is InChI=1S/C12H15BrN2O2/c1-15(10-6-14-7-11(10)16)12(17)8-2-4-9(13)5-3-8/h2-5,10-11,14,16H,6-7H2,1H3/t10-,11-/m0/s1. The summed E-state index contributed by atoms with van der Waals surface area (Å²) < 4.78 is 0.944. The first-order chi connectivity index (χ1) is 8.09. The van der Waals surface area contributed by atoms with Crippen molar-refractivity contribution >= 4 is 21.8 Å². The summed E-state index contributed by atoms with van der Waals surface area (Å²) in [5, 5.41) is 12.8. The molecular weight excluding hydrogens is 284 g/mol. The van der Waals surface area contributed by atoms with Crippen LogP contribution in [0.2, 0.25) is 0 Å². The number of nitrogens with zero attached hydrogens (tertiary/aromatic N) is 1. The smallest absolute Gasteiger partial charge is 0.253 e. The molecule has 2 rings (SSSR count). The minimum absolute atomic E-state index is 0.0646. The summed E-state index contributed by atoms with van der Waals surface area (Å²) in [5.74, 6) is -0.0646. The molecule has 1 aliphatic heterocycles. The topological polar surface area (TPSA) is 52.6 Å². The zero-order valence-electron chi connectivity index (χ0n) is 9.56. The lowest BCUT2D eigenvalue weighted by molar-refractivity contribution is 0.0581. The molecule has 1 heterocycles. The normalized spacial score (nSPS) is 23.7. The Hall–Kier alpha value is -0.910. The Labute approximate surface area is 109 Å². The summed E-state index contributed by atoms with van der Waals surface area (Å²) >= 11 is 3.33. The number of hydrogen-bond donors (Lipinski definition) is 2. The van der Waals surface area contributed by atoms with Crippen LogP contribution < -0.4 is 5.32 Å². The highest BCUT2D eigenvalue weighted by Gasteiger charge is 2.31. The summed E-state index contributed by atoms with van der Waals surface area (Å²) in [6.45, 7) is 1.18. The number of β-amino-alcohol motifs (C(OH)–C–C–N with tert-alkyl or cyclic N) is 1. The molecule has 0 aromatic heterocycles. The molecule has 92 valence electrons. The predicted molar refractivity (Wildman–Crippen MR) is 68.9 cm³/mol. The van der Waals surface area contributed by atoms with E-state index in [1.54, 1.807) is 24.1 Å². The molecule has 0 unspecified atom stereocenters. The van der Waals surface area contributed by atoms with E-state index >= 15 is 0 Å². The lowest BCUT2D eigenvalue weighted by Gasteiger charge is -2.26. The molecule has 1 aliphatic rings. The lowest BCUT2D eigenvalue weighted by Crippen LogP contribution is -2.44. The molecule has 0 aliphatic carbocycles. The van der Waals surface area contributed by atoms with E-state index in [4.69, 9.17) is 0 Å². The van der Waals surface area contributed by atoms with E-state index in [0.717, 1.165) is 4.47 Å². The van der Waals surface area contributed by atoms with Crippen LogP contribution in [-0.2, 0) is 0 Å². The van der Waals surface area contributed by atoms with Crippen LogP contribution in [0, 0.1) is 0 Å². The third-order valence-electron chi connectivity index (χ3n) is 3.06. The molecule has 5 heteroatoms. The quantitative estimate of drug-likeness (QED) is 0.851. The number of hydrogen-bond acceptors (Lipinski definition) is 3. The molecule has 1 fully saturated rings. The number of carbonyl (C=O) groups excluding carboxylic acids is 1. The fraction of sp³-hybridized carbons (Fsp3) is 0.417. The van der Waals surface area contributed by atoms with E-state index in [-0.39, 0.29) is 11.9 Å². The molecule has 1 aromatic carbocycles. The van der Waals surface area contributed by atoms with Gasteiger partial charge < -0.3 is 15.3 Å². The Bertz CT molecular complexity index is 407. The van der Waals surface area contributed by atoms with E-state index in [2.05, 4.69) is 21.2 Å². The van der Waals surface area contributed by atoms with Gasteiger partial charge in [0.25, 0.3) is 5.91 Å². The molecule has 1 aromatic rings. The summed E-state index contributed by atoms with van der Waals surface area (Å²) in [7, 11) is 1.73. The van der Waals surface area contributed by atoms with Crippen molar-refractivity contribution in [2.45, 2.75) is 12.1 Å². The highest BCUT2D eigenvalue weighted by atomic mass is 79.9. The number of aliphatic hydroxyl groups is 1. The van der Waals surface area contributed by atoms with Crippen LogP contribution in [0.3, 0.4) is 0 Å². The number of nitrogens with one attached hydrogen (secondary N) is 1. The molecule has 0 bridgehead atoms. The fourth-order valence-corrected chi connectivity index (χ4v) is 2.26. The maximum absolute atomic E-state index is 12.2. The van der Waals surface area contributed by atoms with Crippen molar-refractivity contribution in [1.82, 2.24) is 10.2 Å². The largest absolute Gasteiger partial charge is 0.390 e. The van der Waals surface area contributed by atoms with Gasteiger partial charge in [-0.2, -0.15) is 0 Å². The van der Waals surface area contributed by atoms with Gasteiger partial charge in [-0.05, 0) is 24.3 Å². The summed E-state index contributed by atoms with van der Waals surface area (Å²) in [4.78, 5) is 13.8. The number of carbonyl (C=O) groups is 1. The van der Waals surface area contributed by atoms with Gasteiger partial charge in [-0.1, -0.05) is 15.9 Å². The van der Waals surface area contributed by atoms with Gasteiger partial charge in [-0.25, -0.2) is 0 Å². The molecular formula is C12H15BrN2O2. The third-order valence-corrected chi connectivity index (χ3v) is 3.59. The molecule has 2 atom stereocenters. The SMILES string of the molecule is CN(C(=O)c1ccc(Br)cc1)[C@H]1CNC[C@@H]1O. The van der Waals surface area contributed by atoms with Gasteiger partial charge in [0.2, 0.25) is 0 Å². The zero-order chi connectivity index (χ0) is 12.4. The molecule has 0 radical (unpaired) electrons. The van der Waals surface area contributed by atoms with E-state index in [9.17, 15) is 9.90 Å². The van der Waals surface area contributed by atoms with Crippen LogP contribution in [0.15, 0.2) is 28.7 Å². The van der Waals surface area contributed by atoms with Gasteiger partial charge in [0.1, 0.15) is 0 Å². The van der Waals surface area contributed by atoms with E-state index in [1.807, 2.05) is 12.1 Å². The minimum Gasteiger partial charge on any atom is -0.390 e. The van der Waals surface area contributed by atoms with Gasteiger partial charge in [0.05, 0.1) is 12.1 Å². The maximum Gasteiger partial charge on any atom is 0.253 e. The first-order valence-corrected chi connectivity index (χ1v) is 6.30. The van der Waals surface area contributed by atoms with Crippen LogP contribution >= 0.6 is 15.9 Å². The number of likely N-dealkylation sites (N-methyl/N-ethyl adjacent to an activating group) is 1. The number of halogens is 1. The molecule has 1 amide bonds. The molecule has 2 N–H and O–H groups in total. The number of benzene rings is 1. The highest BCUT2D eigenvalue weighted by molar-refractivity contribution is 9.10. The van der Waals surface area contributed by atoms with E-state index in [0.29, 0.717) is 18.7 Å². The summed E-state index contributed by atoms with van der Waals surface area (Å²) in [6.07, 6.45) is -0.487. The van der Waals surface area contributed by atoms with Crippen molar-refractivity contribution in [3.63, 3.8) is 0 Å². The Morgan fingerprint density at radius 2 is 2.06 bits per heavy atom. The zero-order valence-corrected chi connectivity index (χ0v) is 11.1. The second-order valence-corrected chi connectivity index (χ2v) is 5.13. The van der Waals surface area contributed by atoms with Crippen molar-refractivity contribution in [3.8, 4) is 0 Å². The van der Waals surface area contributed by atoms with Crippen molar-refractivity contribution < 1.29 is 9.90 Å². The van der Waals surface area contributed by atoms with Crippen LogP contribution in [0.5, 0.6) is 0 Å². The molecule has 0 saturated carbocycles. The van der Waals surface area contributed by atoms with Crippen LogP contribution in [-0.4, -0.2) is 48.2 Å². The number of aliphatic hydroxyl groups excluding tert-OH is 1. The molecule has 17 heavy (non-hydrogen) atoms. The van der Waals surface area contributed by atoms with Crippen LogP contribution in [0.25, 0.3) is 0 Å². The van der Waals surface area contributed by atoms with Crippen molar-refractivity contribution in [2.24, 2.45) is 0 Å². The molecule has 0 spiro atoms. The van der Waals surface area contributed by atoms with E-state index in [1.165, 1.54) is 0 Å². The second kappa shape index (κ2) is 5.16. The van der Waals surface area contributed by atoms with Crippen molar-refractivity contribution in [3.05, 3.63) is 34.3 Å². The average molecular weight is 299 g/mol. The first kappa shape index (κ1) is 12.5. The maximum atomic E-state index is 12.2. The monoisotopic (exact) mass is 298 g/mol. The second-order valence-electron chi connectivity index (χ2n) is 4.22. The lowest BCUT2D eigenvalue weighted by atomic mass is 10.1. The van der Waals surface area contributed by atoms with Crippen LogP contribution in [0.4, 0.5) is 0 Å². The Kier molecular flexibility index (Phi) is 3.81. The highest BCUT2D eigenvalue weighted by Crippen LogP contribution is 2.15. The summed E-state index contributed by atoms with van der Waals surface area (Å²) in [5.41, 5.74) is 0.634. The van der Waals surface area contributed by atoms with Gasteiger partial charge in [-0.15, -0.1) is 0 Å². The van der Waals surface area contributed by atoms with Crippen LogP contribution in [0.1, 0.15) is 10.4 Å². The minimum atomic E-state index is -0.487.